The molecule has 2 aromatic rings. The van der Waals surface area contributed by atoms with Crippen LogP contribution >= 0.6 is 24.8 Å². The Balaban J connectivity index is 0.00000200. The minimum absolute atomic E-state index is 0. The number of anilines is 2. The normalized spacial score (nSPS) is 10.8. The lowest BCUT2D eigenvalue weighted by molar-refractivity contribution is 0.102. The van der Waals surface area contributed by atoms with Crippen molar-refractivity contribution >= 4 is 42.1 Å². The Morgan fingerprint density at radius 2 is 1.81 bits per heavy atom. The van der Waals surface area contributed by atoms with Crippen molar-refractivity contribution in [1.82, 2.24) is 4.98 Å². The number of carbonyl (C=O) groups excluding carboxylic acids is 1. The van der Waals surface area contributed by atoms with Crippen molar-refractivity contribution in [1.29, 1.82) is 0 Å². The zero-order valence-corrected chi connectivity index (χ0v) is 13.1. The molecule has 1 atom stereocenters. The van der Waals surface area contributed by atoms with Crippen LogP contribution in [0.15, 0.2) is 42.7 Å². The minimum atomic E-state index is -0.214. The van der Waals surface area contributed by atoms with Crippen molar-refractivity contribution in [3.63, 3.8) is 0 Å². The maximum atomic E-state index is 12.0. The molecule has 0 aliphatic heterocycles. The van der Waals surface area contributed by atoms with E-state index >= 15 is 0 Å². The number of nitrogens with zero attached hydrogens (tertiary/aromatic N) is 1. The molecule has 0 radical (unpaired) electrons. The Morgan fingerprint density at radius 3 is 2.33 bits per heavy atom. The van der Waals surface area contributed by atoms with Crippen LogP contribution in [0.25, 0.3) is 0 Å². The third kappa shape index (κ3) is 4.90. The summed E-state index contributed by atoms with van der Waals surface area (Å²) >= 11 is 0. The number of hydrogen-bond donors (Lipinski definition) is 3. The molecule has 0 aliphatic rings. The summed E-state index contributed by atoms with van der Waals surface area (Å²) in [5.74, 6) is -0.214. The SMILES string of the molecule is CC(N)c1ccc(C(=O)Nc2ccncc2)cc1N.Cl.Cl. The van der Waals surface area contributed by atoms with Crippen LogP contribution in [-0.4, -0.2) is 10.9 Å². The Bertz CT molecular complexity index is 591. The van der Waals surface area contributed by atoms with Gasteiger partial charge in [0, 0.05) is 35.4 Å². The van der Waals surface area contributed by atoms with Gasteiger partial charge in [-0.3, -0.25) is 9.78 Å². The molecule has 1 aromatic carbocycles. The van der Waals surface area contributed by atoms with E-state index in [-0.39, 0.29) is 36.8 Å². The maximum Gasteiger partial charge on any atom is 0.255 e. The molecule has 1 heterocycles. The van der Waals surface area contributed by atoms with Crippen LogP contribution in [-0.2, 0) is 0 Å². The molecular formula is C14H18Cl2N4O. The molecule has 0 bridgehead atoms. The van der Waals surface area contributed by atoms with Gasteiger partial charge in [-0.25, -0.2) is 0 Å². The van der Waals surface area contributed by atoms with Crippen LogP contribution in [0.5, 0.6) is 0 Å². The minimum Gasteiger partial charge on any atom is -0.398 e. The molecule has 0 aliphatic carbocycles. The van der Waals surface area contributed by atoms with E-state index in [4.69, 9.17) is 11.5 Å². The fraction of sp³-hybridized carbons (Fsp3) is 0.143. The van der Waals surface area contributed by atoms with Crippen molar-refractivity contribution in [2.45, 2.75) is 13.0 Å². The number of rotatable bonds is 3. The molecule has 114 valence electrons. The lowest BCUT2D eigenvalue weighted by Crippen LogP contribution is -2.14. The second-order valence-electron chi connectivity index (χ2n) is 4.32. The second kappa shape index (κ2) is 8.46. The molecule has 5 nitrogen and oxygen atoms in total. The molecule has 1 unspecified atom stereocenters. The zero-order chi connectivity index (χ0) is 13.8. The molecule has 0 saturated carbocycles. The van der Waals surface area contributed by atoms with E-state index in [1.165, 1.54) is 0 Å². The fourth-order valence-electron chi connectivity index (χ4n) is 1.77. The average Bonchev–Trinajstić information content (AvgIpc) is 2.39. The van der Waals surface area contributed by atoms with E-state index in [1.807, 2.05) is 6.92 Å². The summed E-state index contributed by atoms with van der Waals surface area (Å²) in [4.78, 5) is 15.9. The Morgan fingerprint density at radius 1 is 1.19 bits per heavy atom. The Labute approximate surface area is 136 Å². The van der Waals surface area contributed by atoms with Gasteiger partial charge in [0.15, 0.2) is 0 Å². The highest BCUT2D eigenvalue weighted by Crippen LogP contribution is 2.20. The van der Waals surface area contributed by atoms with E-state index < -0.39 is 0 Å². The Hall–Kier alpha value is -1.82. The number of nitrogens with one attached hydrogen (secondary N) is 1. The van der Waals surface area contributed by atoms with Crippen molar-refractivity contribution in [2.24, 2.45) is 5.73 Å². The van der Waals surface area contributed by atoms with Crippen molar-refractivity contribution in [3.05, 3.63) is 53.9 Å². The monoisotopic (exact) mass is 328 g/mol. The molecule has 0 spiro atoms. The number of pyridine rings is 1. The summed E-state index contributed by atoms with van der Waals surface area (Å²) in [6, 6.07) is 8.41. The summed E-state index contributed by atoms with van der Waals surface area (Å²) in [6.45, 7) is 1.85. The summed E-state index contributed by atoms with van der Waals surface area (Å²) < 4.78 is 0. The van der Waals surface area contributed by atoms with Gasteiger partial charge >= 0.3 is 0 Å². The predicted octanol–water partition coefficient (Wildman–Crippen LogP) is 2.78. The van der Waals surface area contributed by atoms with E-state index in [1.54, 1.807) is 42.7 Å². The van der Waals surface area contributed by atoms with Crippen molar-refractivity contribution < 1.29 is 4.79 Å². The van der Waals surface area contributed by atoms with Gasteiger partial charge in [0.1, 0.15) is 0 Å². The number of hydrogen-bond acceptors (Lipinski definition) is 4. The second-order valence-corrected chi connectivity index (χ2v) is 4.32. The Kier molecular flexibility index (Phi) is 7.73. The smallest absolute Gasteiger partial charge is 0.255 e. The van der Waals surface area contributed by atoms with Gasteiger partial charge in [-0.2, -0.15) is 0 Å². The number of halogens is 2. The standard InChI is InChI=1S/C14H16N4O.2ClH/c1-9(15)12-3-2-10(8-13(12)16)14(19)18-11-4-6-17-7-5-11;;/h2-9H,15-16H2,1H3,(H,17,18,19);2*1H. The number of carbonyl (C=O) groups is 1. The van der Waals surface area contributed by atoms with E-state index in [2.05, 4.69) is 10.3 Å². The zero-order valence-electron chi connectivity index (χ0n) is 11.4. The number of amides is 1. The fourth-order valence-corrected chi connectivity index (χ4v) is 1.77. The molecule has 0 fully saturated rings. The summed E-state index contributed by atoms with van der Waals surface area (Å²) in [5.41, 5.74) is 14.2. The number of nitrogen functional groups attached to an aromatic ring is 1. The molecule has 1 amide bonds. The van der Waals surface area contributed by atoms with Crippen molar-refractivity contribution in [2.75, 3.05) is 11.1 Å². The lowest BCUT2D eigenvalue weighted by atomic mass is 10.0. The van der Waals surface area contributed by atoms with E-state index in [9.17, 15) is 4.79 Å². The largest absolute Gasteiger partial charge is 0.398 e. The van der Waals surface area contributed by atoms with Gasteiger partial charge in [0.25, 0.3) is 5.91 Å². The van der Waals surface area contributed by atoms with Gasteiger partial charge in [-0.05, 0) is 36.8 Å². The molecular weight excluding hydrogens is 311 g/mol. The van der Waals surface area contributed by atoms with Gasteiger partial charge < -0.3 is 16.8 Å². The number of aromatic nitrogens is 1. The van der Waals surface area contributed by atoms with Crippen LogP contribution < -0.4 is 16.8 Å². The van der Waals surface area contributed by atoms with Crippen LogP contribution in [0, 0.1) is 0 Å². The van der Waals surface area contributed by atoms with Crippen LogP contribution in [0.3, 0.4) is 0 Å². The molecule has 1 aromatic heterocycles. The van der Waals surface area contributed by atoms with Gasteiger partial charge in [-0.1, -0.05) is 6.07 Å². The topological polar surface area (TPSA) is 94.0 Å². The van der Waals surface area contributed by atoms with E-state index in [0.29, 0.717) is 16.9 Å². The average molecular weight is 329 g/mol. The summed E-state index contributed by atoms with van der Waals surface area (Å²) in [7, 11) is 0. The first-order valence-electron chi connectivity index (χ1n) is 5.94. The molecule has 2 rings (SSSR count). The molecule has 5 N–H and O–H groups in total. The van der Waals surface area contributed by atoms with Crippen molar-refractivity contribution in [3.8, 4) is 0 Å². The third-order valence-electron chi connectivity index (χ3n) is 2.78. The van der Waals surface area contributed by atoms with Crippen LogP contribution in [0.4, 0.5) is 11.4 Å². The first kappa shape index (κ1) is 19.2. The number of benzene rings is 1. The first-order valence-corrected chi connectivity index (χ1v) is 5.94. The lowest BCUT2D eigenvalue weighted by Gasteiger charge is -2.11. The summed E-state index contributed by atoms with van der Waals surface area (Å²) in [6.07, 6.45) is 3.23. The highest BCUT2D eigenvalue weighted by molar-refractivity contribution is 6.04. The molecule has 7 heteroatoms. The van der Waals surface area contributed by atoms with Gasteiger partial charge in [0.2, 0.25) is 0 Å². The number of nitrogens with two attached hydrogens (primary N) is 2. The predicted molar refractivity (Wildman–Crippen MR) is 90.1 cm³/mol. The quantitative estimate of drug-likeness (QED) is 0.755. The summed E-state index contributed by atoms with van der Waals surface area (Å²) in [5, 5.41) is 2.77. The highest BCUT2D eigenvalue weighted by atomic mass is 35.5. The third-order valence-corrected chi connectivity index (χ3v) is 2.78. The molecule has 0 saturated heterocycles. The van der Waals surface area contributed by atoms with Crippen LogP contribution in [0.1, 0.15) is 28.9 Å². The molecule has 21 heavy (non-hydrogen) atoms. The highest BCUT2D eigenvalue weighted by Gasteiger charge is 2.10. The van der Waals surface area contributed by atoms with Crippen LogP contribution in [0.2, 0.25) is 0 Å². The first-order chi connectivity index (χ1) is 9.08. The van der Waals surface area contributed by atoms with Gasteiger partial charge in [0.05, 0.1) is 0 Å². The van der Waals surface area contributed by atoms with Gasteiger partial charge in [-0.15, -0.1) is 24.8 Å². The van der Waals surface area contributed by atoms with E-state index in [0.717, 1.165) is 5.56 Å². The maximum absolute atomic E-state index is 12.0.